The number of guanidine groups is 1. The first-order valence-electron chi connectivity index (χ1n) is 9.58. The molecule has 1 saturated heterocycles. The van der Waals surface area contributed by atoms with Crippen molar-refractivity contribution < 1.29 is 9.84 Å². The van der Waals surface area contributed by atoms with Gasteiger partial charge in [-0.25, -0.2) is 0 Å². The molecule has 3 N–H and O–H groups in total. The predicted molar refractivity (Wildman–Crippen MR) is 106 cm³/mol. The molecule has 0 radical (unpaired) electrons. The van der Waals surface area contributed by atoms with Crippen LogP contribution in [0.5, 0.6) is 0 Å². The molecule has 1 aliphatic heterocycles. The van der Waals surface area contributed by atoms with Gasteiger partial charge in [0.2, 0.25) is 0 Å². The molecule has 1 aromatic rings. The lowest BCUT2D eigenvalue weighted by atomic mass is 9.84. The fourth-order valence-electron chi connectivity index (χ4n) is 3.65. The zero-order chi connectivity index (χ0) is 18.5. The number of hydrogen-bond acceptors (Lipinski definition) is 3. The molecule has 6 heteroatoms. The van der Waals surface area contributed by atoms with Crippen LogP contribution in [0.2, 0.25) is 5.02 Å². The van der Waals surface area contributed by atoms with Crippen LogP contribution in [0.4, 0.5) is 0 Å². The van der Waals surface area contributed by atoms with Gasteiger partial charge in [-0.1, -0.05) is 23.7 Å². The second-order valence-electron chi connectivity index (χ2n) is 7.61. The Morgan fingerprint density at radius 3 is 2.58 bits per heavy atom. The maximum absolute atomic E-state index is 9.38. The van der Waals surface area contributed by atoms with Gasteiger partial charge in [0.05, 0.1) is 13.2 Å². The molecule has 2 aliphatic rings. The smallest absolute Gasteiger partial charge is 0.191 e. The van der Waals surface area contributed by atoms with E-state index >= 15 is 0 Å². The maximum Gasteiger partial charge on any atom is 0.191 e. The van der Waals surface area contributed by atoms with E-state index in [-0.39, 0.29) is 17.4 Å². The summed E-state index contributed by atoms with van der Waals surface area (Å²) in [5.74, 6) is 0.844. The Kier molecular flexibility index (Phi) is 6.43. The molecule has 1 aromatic carbocycles. The van der Waals surface area contributed by atoms with Crippen molar-refractivity contribution in [3.8, 4) is 0 Å². The van der Waals surface area contributed by atoms with Crippen molar-refractivity contribution in [1.29, 1.82) is 0 Å². The monoisotopic (exact) mass is 379 g/mol. The summed E-state index contributed by atoms with van der Waals surface area (Å²) in [4.78, 5) is 4.81. The summed E-state index contributed by atoms with van der Waals surface area (Å²) >= 11 is 6.02. The zero-order valence-electron chi connectivity index (χ0n) is 15.6. The van der Waals surface area contributed by atoms with Crippen LogP contribution in [0.15, 0.2) is 29.3 Å². The Balaban J connectivity index is 1.62. The van der Waals surface area contributed by atoms with Gasteiger partial charge < -0.3 is 20.5 Å². The van der Waals surface area contributed by atoms with Gasteiger partial charge in [0, 0.05) is 42.2 Å². The van der Waals surface area contributed by atoms with Crippen molar-refractivity contribution in [3.05, 3.63) is 34.9 Å². The summed E-state index contributed by atoms with van der Waals surface area (Å²) in [7, 11) is 0. The normalized spacial score (nSPS) is 24.5. The number of ether oxygens (including phenoxy) is 1. The minimum atomic E-state index is -0.0233. The molecule has 2 fully saturated rings. The van der Waals surface area contributed by atoms with Gasteiger partial charge in [-0.15, -0.1) is 0 Å². The van der Waals surface area contributed by atoms with Crippen LogP contribution in [0.1, 0.15) is 38.2 Å². The van der Waals surface area contributed by atoms with Crippen LogP contribution < -0.4 is 10.6 Å². The van der Waals surface area contributed by atoms with E-state index in [2.05, 4.69) is 29.7 Å². The van der Waals surface area contributed by atoms with Crippen molar-refractivity contribution in [2.45, 2.75) is 38.0 Å². The maximum atomic E-state index is 9.38. The second-order valence-corrected chi connectivity index (χ2v) is 8.05. The van der Waals surface area contributed by atoms with E-state index in [1.165, 1.54) is 18.4 Å². The second kappa shape index (κ2) is 8.59. The average molecular weight is 380 g/mol. The molecule has 26 heavy (non-hydrogen) atoms. The molecule has 0 spiro atoms. The summed E-state index contributed by atoms with van der Waals surface area (Å²) in [6.45, 7) is 6.07. The number of aliphatic hydroxyl groups excluding tert-OH is 1. The van der Waals surface area contributed by atoms with Gasteiger partial charge in [0.15, 0.2) is 5.96 Å². The minimum absolute atomic E-state index is 0.0233. The highest BCUT2D eigenvalue weighted by Gasteiger charge is 2.44. The number of benzene rings is 1. The molecule has 0 aromatic heterocycles. The highest BCUT2D eigenvalue weighted by Crippen LogP contribution is 2.47. The van der Waals surface area contributed by atoms with Gasteiger partial charge in [0.25, 0.3) is 0 Å². The minimum Gasteiger partial charge on any atom is -0.396 e. The van der Waals surface area contributed by atoms with Crippen LogP contribution in [-0.4, -0.2) is 50.5 Å². The number of rotatable bonds is 8. The van der Waals surface area contributed by atoms with E-state index in [4.69, 9.17) is 21.3 Å². The van der Waals surface area contributed by atoms with Crippen LogP contribution >= 0.6 is 11.6 Å². The Hall–Kier alpha value is -1.30. The molecular formula is C20H30ClN3O2. The Bertz CT molecular complexity index is 608. The summed E-state index contributed by atoms with van der Waals surface area (Å²) in [5, 5.41) is 17.0. The highest BCUT2D eigenvalue weighted by atomic mass is 35.5. The molecule has 0 bridgehead atoms. The van der Waals surface area contributed by atoms with Crippen LogP contribution in [0.25, 0.3) is 0 Å². The van der Waals surface area contributed by atoms with Crippen LogP contribution in [0.3, 0.4) is 0 Å². The number of aliphatic imine (C=N–C) groups is 1. The summed E-state index contributed by atoms with van der Waals surface area (Å²) in [6, 6.07) is 8.20. The number of aliphatic hydroxyl groups is 1. The summed E-state index contributed by atoms with van der Waals surface area (Å²) in [5.41, 5.74) is 1.51. The average Bonchev–Trinajstić information content (AvgIpc) is 3.30. The van der Waals surface area contributed by atoms with Crippen molar-refractivity contribution in [2.75, 3.05) is 39.5 Å². The van der Waals surface area contributed by atoms with Gasteiger partial charge in [-0.3, -0.25) is 4.99 Å². The fraction of sp³-hybridized carbons (Fsp3) is 0.650. The number of nitrogens with one attached hydrogen (secondary N) is 2. The SMILES string of the molecule is CCNC(=NCC1(CCO)CCOC1)NCC1(c2ccc(Cl)cc2)CC1. The zero-order valence-corrected chi connectivity index (χ0v) is 16.3. The Morgan fingerprint density at radius 1 is 1.23 bits per heavy atom. The van der Waals surface area contributed by atoms with Gasteiger partial charge in [0.1, 0.15) is 0 Å². The molecule has 3 rings (SSSR count). The molecule has 0 amide bonds. The lowest BCUT2D eigenvalue weighted by Gasteiger charge is -2.25. The summed E-state index contributed by atoms with van der Waals surface area (Å²) in [6.07, 6.45) is 4.07. The number of hydrogen-bond donors (Lipinski definition) is 3. The molecule has 1 heterocycles. The third kappa shape index (κ3) is 4.70. The molecule has 1 unspecified atom stereocenters. The van der Waals surface area contributed by atoms with Crippen molar-refractivity contribution in [2.24, 2.45) is 10.4 Å². The van der Waals surface area contributed by atoms with E-state index < -0.39 is 0 Å². The standard InChI is InChI=1S/C20H30ClN3O2/c1-2-22-18(23-13-19(9-11-25)10-12-26-15-19)24-14-20(7-8-20)16-3-5-17(21)6-4-16/h3-6,25H,2,7-15H2,1H3,(H2,22,23,24). The van der Waals surface area contributed by atoms with E-state index in [1.54, 1.807) is 0 Å². The van der Waals surface area contributed by atoms with Gasteiger partial charge >= 0.3 is 0 Å². The molecule has 5 nitrogen and oxygen atoms in total. The van der Waals surface area contributed by atoms with E-state index in [1.807, 2.05) is 12.1 Å². The topological polar surface area (TPSA) is 65.9 Å². The third-order valence-corrected chi connectivity index (χ3v) is 5.90. The highest BCUT2D eigenvalue weighted by molar-refractivity contribution is 6.30. The fourth-order valence-corrected chi connectivity index (χ4v) is 3.78. The van der Waals surface area contributed by atoms with E-state index in [0.717, 1.165) is 43.5 Å². The first-order valence-corrected chi connectivity index (χ1v) is 9.96. The number of halogens is 1. The molecule has 1 aliphatic carbocycles. The van der Waals surface area contributed by atoms with Crippen LogP contribution in [0, 0.1) is 5.41 Å². The molecular weight excluding hydrogens is 350 g/mol. The summed E-state index contributed by atoms with van der Waals surface area (Å²) < 4.78 is 5.57. The number of nitrogens with zero attached hydrogens (tertiary/aromatic N) is 1. The van der Waals surface area contributed by atoms with Crippen LogP contribution in [-0.2, 0) is 10.2 Å². The molecule has 1 saturated carbocycles. The first kappa shape index (κ1) is 19.5. The van der Waals surface area contributed by atoms with Crippen molar-refractivity contribution >= 4 is 17.6 Å². The predicted octanol–water partition coefficient (Wildman–Crippen LogP) is 2.72. The Morgan fingerprint density at radius 2 is 2.00 bits per heavy atom. The van der Waals surface area contributed by atoms with E-state index in [0.29, 0.717) is 13.2 Å². The lowest BCUT2D eigenvalue weighted by Crippen LogP contribution is -2.42. The third-order valence-electron chi connectivity index (χ3n) is 5.65. The lowest BCUT2D eigenvalue weighted by molar-refractivity contribution is 0.131. The largest absolute Gasteiger partial charge is 0.396 e. The van der Waals surface area contributed by atoms with E-state index in [9.17, 15) is 5.11 Å². The Labute approximate surface area is 161 Å². The van der Waals surface area contributed by atoms with Gasteiger partial charge in [-0.05, 0) is 50.3 Å². The first-order chi connectivity index (χ1) is 12.6. The quantitative estimate of drug-likeness (QED) is 0.480. The van der Waals surface area contributed by atoms with Crippen molar-refractivity contribution in [1.82, 2.24) is 10.6 Å². The van der Waals surface area contributed by atoms with Gasteiger partial charge in [-0.2, -0.15) is 0 Å². The molecule has 1 atom stereocenters. The molecule has 144 valence electrons. The van der Waals surface area contributed by atoms with Crippen molar-refractivity contribution in [3.63, 3.8) is 0 Å².